The minimum atomic E-state index is -0.473. The maximum absolute atomic E-state index is 13.5. The van der Waals surface area contributed by atoms with Gasteiger partial charge in [-0.1, -0.05) is 23.2 Å². The topological polar surface area (TPSA) is 29.9 Å². The lowest BCUT2D eigenvalue weighted by molar-refractivity contribution is 0.624. The summed E-state index contributed by atoms with van der Waals surface area (Å²) < 4.78 is 15.3. The number of aromatic nitrogens is 2. The Labute approximate surface area is 121 Å². The minimum Gasteiger partial charge on any atom is -0.376 e. The smallest absolute Gasteiger partial charge is 0.142 e. The van der Waals surface area contributed by atoms with Gasteiger partial charge in [-0.3, -0.25) is 4.68 Å². The van der Waals surface area contributed by atoms with E-state index in [2.05, 4.69) is 10.4 Å². The van der Waals surface area contributed by atoms with Crippen LogP contribution in [0.1, 0.15) is 25.5 Å². The molecule has 0 saturated heterocycles. The molecule has 1 unspecified atom stereocenters. The molecule has 0 fully saturated rings. The third kappa shape index (κ3) is 3.01. The second-order valence-electron chi connectivity index (χ2n) is 4.21. The van der Waals surface area contributed by atoms with Crippen LogP contribution in [0.5, 0.6) is 0 Å². The van der Waals surface area contributed by atoms with E-state index in [0.717, 1.165) is 12.2 Å². The van der Waals surface area contributed by atoms with Crippen LogP contribution in [0.4, 0.5) is 10.1 Å². The van der Waals surface area contributed by atoms with Gasteiger partial charge >= 0.3 is 0 Å². The highest BCUT2D eigenvalue weighted by atomic mass is 35.5. The lowest BCUT2D eigenvalue weighted by atomic mass is 10.1. The second-order valence-corrected chi connectivity index (χ2v) is 4.99. The highest BCUT2D eigenvalue weighted by Gasteiger charge is 2.17. The number of nitrogens with one attached hydrogen (secondary N) is 1. The number of benzene rings is 1. The Morgan fingerprint density at radius 2 is 2.16 bits per heavy atom. The van der Waals surface area contributed by atoms with Crippen LogP contribution in [0, 0.1) is 5.82 Å². The van der Waals surface area contributed by atoms with E-state index in [1.165, 1.54) is 12.1 Å². The normalized spacial score (nSPS) is 12.5. The molecule has 19 heavy (non-hydrogen) atoms. The lowest BCUT2D eigenvalue weighted by Crippen LogP contribution is -2.08. The molecule has 0 bridgehead atoms. The van der Waals surface area contributed by atoms with E-state index in [1.54, 1.807) is 10.9 Å². The monoisotopic (exact) mass is 301 g/mol. The molecule has 1 heterocycles. The summed E-state index contributed by atoms with van der Waals surface area (Å²) in [4.78, 5) is 0. The maximum Gasteiger partial charge on any atom is 0.142 e. The number of anilines is 1. The largest absolute Gasteiger partial charge is 0.376 e. The molecular weight excluding hydrogens is 288 g/mol. The lowest BCUT2D eigenvalue weighted by Gasteiger charge is -2.17. The van der Waals surface area contributed by atoms with Gasteiger partial charge in [0.2, 0.25) is 0 Å². The van der Waals surface area contributed by atoms with Gasteiger partial charge in [-0.05, 0) is 26.0 Å². The molecule has 2 rings (SSSR count). The standard InChI is InChI=1S/C13H14Cl2FN3/c1-3-19-7-9(6-17-19)18-8(2)12-10(14)4-5-11(16)13(12)15/h4-8,18H,3H2,1-2H3. The Hall–Kier alpha value is -1.26. The number of rotatable bonds is 4. The number of nitrogens with zero attached hydrogens (tertiary/aromatic N) is 2. The average Bonchev–Trinajstić information content (AvgIpc) is 2.82. The summed E-state index contributed by atoms with van der Waals surface area (Å²) in [7, 11) is 0. The maximum atomic E-state index is 13.5. The first-order chi connectivity index (χ1) is 9.02. The van der Waals surface area contributed by atoms with Gasteiger partial charge in [-0.25, -0.2) is 4.39 Å². The van der Waals surface area contributed by atoms with E-state index in [0.29, 0.717) is 10.6 Å². The highest BCUT2D eigenvalue weighted by Crippen LogP contribution is 2.33. The number of halogens is 3. The fraction of sp³-hybridized carbons (Fsp3) is 0.308. The van der Waals surface area contributed by atoms with Gasteiger partial charge in [0.05, 0.1) is 22.9 Å². The first kappa shape index (κ1) is 14.2. The van der Waals surface area contributed by atoms with Crippen LogP contribution >= 0.6 is 23.2 Å². The molecule has 0 aliphatic heterocycles. The summed E-state index contributed by atoms with van der Waals surface area (Å²) in [6.07, 6.45) is 3.58. The zero-order valence-electron chi connectivity index (χ0n) is 10.6. The van der Waals surface area contributed by atoms with Crippen LogP contribution in [0.15, 0.2) is 24.5 Å². The summed E-state index contributed by atoms with van der Waals surface area (Å²) in [6.45, 7) is 4.66. The van der Waals surface area contributed by atoms with Crippen LogP contribution in [-0.2, 0) is 6.54 Å². The third-order valence-corrected chi connectivity index (χ3v) is 3.57. The van der Waals surface area contributed by atoms with Crippen molar-refractivity contribution in [3.05, 3.63) is 46.0 Å². The van der Waals surface area contributed by atoms with E-state index in [4.69, 9.17) is 23.2 Å². The Bertz CT molecular complexity index is 583. The van der Waals surface area contributed by atoms with Crippen molar-refractivity contribution in [2.45, 2.75) is 26.4 Å². The Kier molecular flexibility index (Phi) is 4.32. The van der Waals surface area contributed by atoms with E-state index in [9.17, 15) is 4.39 Å². The van der Waals surface area contributed by atoms with Gasteiger partial charge in [0, 0.05) is 23.3 Å². The molecule has 1 aromatic carbocycles. The van der Waals surface area contributed by atoms with Gasteiger partial charge in [-0.2, -0.15) is 5.10 Å². The summed E-state index contributed by atoms with van der Waals surface area (Å²) in [5.74, 6) is -0.473. The van der Waals surface area contributed by atoms with E-state index in [1.807, 2.05) is 20.0 Å². The van der Waals surface area contributed by atoms with E-state index in [-0.39, 0.29) is 11.1 Å². The molecule has 102 valence electrons. The SMILES string of the molecule is CCn1cc(NC(C)c2c(Cl)ccc(F)c2Cl)cn1. The van der Waals surface area contributed by atoms with Crippen molar-refractivity contribution < 1.29 is 4.39 Å². The van der Waals surface area contributed by atoms with Gasteiger partial charge < -0.3 is 5.32 Å². The fourth-order valence-electron chi connectivity index (χ4n) is 1.87. The van der Waals surface area contributed by atoms with Crippen molar-refractivity contribution in [1.29, 1.82) is 0 Å². The zero-order valence-corrected chi connectivity index (χ0v) is 12.1. The molecule has 1 atom stereocenters. The molecule has 0 radical (unpaired) electrons. The molecule has 0 aliphatic carbocycles. The van der Waals surface area contributed by atoms with Crippen LogP contribution in [0.2, 0.25) is 10.0 Å². The van der Waals surface area contributed by atoms with Crippen molar-refractivity contribution in [2.75, 3.05) is 5.32 Å². The quantitative estimate of drug-likeness (QED) is 0.841. The van der Waals surface area contributed by atoms with Gasteiger partial charge in [0.15, 0.2) is 0 Å². The summed E-state index contributed by atoms with van der Waals surface area (Å²) >= 11 is 12.1. The summed E-state index contributed by atoms with van der Waals surface area (Å²) in [6, 6.07) is 2.55. The zero-order chi connectivity index (χ0) is 14.0. The first-order valence-corrected chi connectivity index (χ1v) is 6.71. The van der Waals surface area contributed by atoms with Crippen molar-refractivity contribution >= 4 is 28.9 Å². The van der Waals surface area contributed by atoms with Crippen LogP contribution < -0.4 is 5.32 Å². The minimum absolute atomic E-state index is 0.0513. The number of hydrogen-bond donors (Lipinski definition) is 1. The van der Waals surface area contributed by atoms with Gasteiger partial charge in [-0.15, -0.1) is 0 Å². The number of hydrogen-bond acceptors (Lipinski definition) is 2. The molecule has 3 nitrogen and oxygen atoms in total. The molecular formula is C13H14Cl2FN3. The van der Waals surface area contributed by atoms with Gasteiger partial charge in [0.25, 0.3) is 0 Å². The Morgan fingerprint density at radius 1 is 1.42 bits per heavy atom. The van der Waals surface area contributed by atoms with Crippen LogP contribution in [0.3, 0.4) is 0 Å². The first-order valence-electron chi connectivity index (χ1n) is 5.95. The van der Waals surface area contributed by atoms with Crippen LogP contribution in [0.25, 0.3) is 0 Å². The van der Waals surface area contributed by atoms with Crippen LogP contribution in [-0.4, -0.2) is 9.78 Å². The fourth-order valence-corrected chi connectivity index (χ4v) is 2.57. The highest BCUT2D eigenvalue weighted by molar-refractivity contribution is 6.36. The predicted molar refractivity (Wildman–Crippen MR) is 76.4 cm³/mol. The third-order valence-electron chi connectivity index (χ3n) is 2.85. The molecule has 0 amide bonds. The van der Waals surface area contributed by atoms with E-state index >= 15 is 0 Å². The van der Waals surface area contributed by atoms with Crippen molar-refractivity contribution in [3.63, 3.8) is 0 Å². The molecule has 2 aromatic rings. The van der Waals surface area contributed by atoms with Gasteiger partial charge in [0.1, 0.15) is 5.82 Å². The predicted octanol–water partition coefficient (Wildman–Crippen LogP) is 4.52. The van der Waals surface area contributed by atoms with Crippen molar-refractivity contribution in [1.82, 2.24) is 9.78 Å². The number of aryl methyl sites for hydroxylation is 1. The summed E-state index contributed by atoms with van der Waals surface area (Å²) in [5, 5.41) is 7.85. The second kappa shape index (κ2) is 5.80. The molecule has 1 aromatic heterocycles. The van der Waals surface area contributed by atoms with Crippen molar-refractivity contribution in [2.24, 2.45) is 0 Å². The average molecular weight is 302 g/mol. The summed E-state index contributed by atoms with van der Waals surface area (Å²) in [5.41, 5.74) is 1.39. The molecule has 0 saturated carbocycles. The molecule has 1 N–H and O–H groups in total. The van der Waals surface area contributed by atoms with E-state index < -0.39 is 5.82 Å². The Balaban J connectivity index is 2.24. The Morgan fingerprint density at radius 3 is 2.79 bits per heavy atom. The van der Waals surface area contributed by atoms with Crippen molar-refractivity contribution in [3.8, 4) is 0 Å². The molecule has 6 heteroatoms. The molecule has 0 spiro atoms. The molecule has 0 aliphatic rings.